The van der Waals surface area contributed by atoms with E-state index in [0.717, 1.165) is 6.26 Å². The summed E-state index contributed by atoms with van der Waals surface area (Å²) in [6.07, 6.45) is 2.66. The number of esters is 1. The van der Waals surface area contributed by atoms with E-state index in [1.165, 1.54) is 12.3 Å². The molecule has 2 heterocycles. The maximum Gasteiger partial charge on any atom is 0.330 e. The molecule has 2 rings (SSSR count). The van der Waals surface area contributed by atoms with Crippen LogP contribution in [0.3, 0.4) is 0 Å². The third-order valence-electron chi connectivity index (χ3n) is 3.22. The van der Waals surface area contributed by atoms with Gasteiger partial charge in [0.25, 0.3) is 0 Å². The number of nitrogens with one attached hydrogen (secondary N) is 1. The number of hydrogen-bond donors (Lipinski definition) is 1. The molecule has 0 bridgehead atoms. The molecule has 1 N–H and O–H groups in total. The Balaban J connectivity index is 2.41. The van der Waals surface area contributed by atoms with Crippen molar-refractivity contribution in [3.8, 4) is 0 Å². The third kappa shape index (κ3) is 3.51. The van der Waals surface area contributed by atoms with E-state index in [-0.39, 0.29) is 17.5 Å². The van der Waals surface area contributed by atoms with Crippen molar-refractivity contribution in [2.75, 3.05) is 37.4 Å². The van der Waals surface area contributed by atoms with Gasteiger partial charge in [-0.15, -0.1) is 0 Å². The third-order valence-corrected chi connectivity index (χ3v) is 4.34. The van der Waals surface area contributed by atoms with E-state index >= 15 is 0 Å². The predicted octanol–water partition coefficient (Wildman–Crippen LogP) is -0.174. The normalized spacial score (nSPS) is 19.3. The Kier molecular flexibility index (Phi) is 4.79. The molecule has 1 aromatic rings. The largest absolute Gasteiger partial charge is 0.464 e. The number of piperazine rings is 1. The first-order chi connectivity index (χ1) is 9.95. The Morgan fingerprint density at radius 2 is 2.33 bits per heavy atom. The van der Waals surface area contributed by atoms with Gasteiger partial charge in [-0.05, 0) is 19.1 Å². The van der Waals surface area contributed by atoms with Gasteiger partial charge in [-0.1, -0.05) is 0 Å². The van der Waals surface area contributed by atoms with E-state index in [1.54, 1.807) is 17.9 Å². The molecule has 1 atom stereocenters. The lowest BCUT2D eigenvalue weighted by Crippen LogP contribution is -2.56. The summed E-state index contributed by atoms with van der Waals surface area (Å²) in [5.41, 5.74) is 0. The maximum absolute atomic E-state index is 12.1. The zero-order valence-corrected chi connectivity index (χ0v) is 12.9. The second-order valence-electron chi connectivity index (χ2n) is 4.76. The van der Waals surface area contributed by atoms with E-state index in [9.17, 15) is 13.2 Å². The van der Waals surface area contributed by atoms with Crippen LogP contribution in [0.1, 0.15) is 6.92 Å². The first-order valence-electron chi connectivity index (χ1n) is 6.74. The molecule has 0 spiro atoms. The van der Waals surface area contributed by atoms with E-state index < -0.39 is 15.9 Å². The minimum atomic E-state index is -3.42. The number of hydrogen-bond acceptors (Lipinski definition) is 7. The number of ether oxygens (including phenoxy) is 1. The fourth-order valence-corrected chi connectivity index (χ4v) is 3.12. The quantitative estimate of drug-likeness (QED) is 0.772. The van der Waals surface area contributed by atoms with Crippen LogP contribution in [0, 0.1) is 0 Å². The molecule has 7 nitrogen and oxygen atoms in total. The van der Waals surface area contributed by atoms with E-state index in [1.807, 2.05) is 0 Å². The van der Waals surface area contributed by atoms with Crippen LogP contribution >= 0.6 is 0 Å². The summed E-state index contributed by atoms with van der Waals surface area (Å²) in [6, 6.07) is 2.50. The van der Waals surface area contributed by atoms with E-state index in [2.05, 4.69) is 10.3 Å². The van der Waals surface area contributed by atoms with Crippen molar-refractivity contribution in [2.45, 2.75) is 17.9 Å². The second kappa shape index (κ2) is 6.40. The van der Waals surface area contributed by atoms with Crippen molar-refractivity contribution in [3.05, 3.63) is 18.3 Å². The summed E-state index contributed by atoms with van der Waals surface area (Å²) in [7, 11) is -3.42. The van der Waals surface area contributed by atoms with Crippen molar-refractivity contribution in [1.29, 1.82) is 0 Å². The number of anilines is 1. The monoisotopic (exact) mass is 313 g/mol. The van der Waals surface area contributed by atoms with Gasteiger partial charge < -0.3 is 15.0 Å². The average molecular weight is 313 g/mol. The zero-order chi connectivity index (χ0) is 15.5. The van der Waals surface area contributed by atoms with Gasteiger partial charge in [0.1, 0.15) is 16.8 Å². The smallest absolute Gasteiger partial charge is 0.330 e. The topological polar surface area (TPSA) is 88.6 Å². The van der Waals surface area contributed by atoms with Gasteiger partial charge in [-0.2, -0.15) is 0 Å². The summed E-state index contributed by atoms with van der Waals surface area (Å²) in [5.74, 6) is -0.0747. The van der Waals surface area contributed by atoms with Crippen LogP contribution in [-0.4, -0.2) is 57.9 Å². The number of rotatable bonds is 4. The van der Waals surface area contributed by atoms with Crippen molar-refractivity contribution in [2.24, 2.45) is 0 Å². The molecule has 0 amide bonds. The van der Waals surface area contributed by atoms with Crippen LogP contribution < -0.4 is 10.2 Å². The molecule has 0 aliphatic carbocycles. The molecule has 1 unspecified atom stereocenters. The van der Waals surface area contributed by atoms with E-state index in [0.29, 0.717) is 25.5 Å². The molecule has 0 aromatic carbocycles. The van der Waals surface area contributed by atoms with Crippen LogP contribution in [-0.2, 0) is 19.4 Å². The second-order valence-corrected chi connectivity index (χ2v) is 6.75. The summed E-state index contributed by atoms with van der Waals surface area (Å²) in [6.45, 7) is 3.56. The van der Waals surface area contributed by atoms with Gasteiger partial charge >= 0.3 is 5.97 Å². The summed E-state index contributed by atoms with van der Waals surface area (Å²) in [4.78, 5) is 18.1. The first kappa shape index (κ1) is 15.7. The summed E-state index contributed by atoms with van der Waals surface area (Å²) in [5, 5.41) is 3.11. The van der Waals surface area contributed by atoms with Crippen LogP contribution in [0.15, 0.2) is 23.2 Å². The number of carbonyl (C=O) groups excluding carboxylic acids is 1. The number of carbonyl (C=O) groups is 1. The fraction of sp³-hybridized carbons (Fsp3) is 0.538. The van der Waals surface area contributed by atoms with Crippen LogP contribution in [0.2, 0.25) is 0 Å². The summed E-state index contributed by atoms with van der Waals surface area (Å²) < 4.78 is 28.9. The van der Waals surface area contributed by atoms with Gasteiger partial charge in [0.15, 0.2) is 9.84 Å². The highest BCUT2D eigenvalue weighted by molar-refractivity contribution is 7.90. The van der Waals surface area contributed by atoms with Gasteiger partial charge in [0.2, 0.25) is 0 Å². The van der Waals surface area contributed by atoms with Gasteiger partial charge in [0, 0.05) is 32.1 Å². The molecule has 0 saturated carbocycles. The first-order valence-corrected chi connectivity index (χ1v) is 8.63. The predicted molar refractivity (Wildman–Crippen MR) is 78.0 cm³/mol. The molecule has 1 fully saturated rings. The molecular weight excluding hydrogens is 294 g/mol. The lowest BCUT2D eigenvalue weighted by molar-refractivity contribution is -0.144. The van der Waals surface area contributed by atoms with E-state index in [4.69, 9.17) is 4.74 Å². The number of nitrogens with zero attached hydrogens (tertiary/aromatic N) is 2. The summed E-state index contributed by atoms with van der Waals surface area (Å²) >= 11 is 0. The Hall–Kier alpha value is -1.67. The van der Waals surface area contributed by atoms with Crippen molar-refractivity contribution >= 4 is 21.6 Å². The molecule has 8 heteroatoms. The number of aromatic nitrogens is 1. The molecule has 0 radical (unpaired) electrons. The lowest BCUT2D eigenvalue weighted by atomic mass is 10.2. The highest BCUT2D eigenvalue weighted by Gasteiger charge is 2.33. The highest BCUT2D eigenvalue weighted by atomic mass is 32.2. The Morgan fingerprint density at radius 1 is 1.57 bits per heavy atom. The maximum atomic E-state index is 12.1. The highest BCUT2D eigenvalue weighted by Crippen LogP contribution is 2.25. The van der Waals surface area contributed by atoms with Crippen LogP contribution in [0.25, 0.3) is 0 Å². The van der Waals surface area contributed by atoms with Crippen molar-refractivity contribution < 1.29 is 17.9 Å². The molecule has 1 aromatic heterocycles. The molecular formula is C13H19N3O4S. The number of pyridine rings is 1. The molecule has 1 aliphatic heterocycles. The standard InChI is InChI=1S/C13H19N3O4S/c1-3-20-13(17)10-9-14-7-8-16(10)12-11(21(2,18)19)5-4-6-15-12/h4-6,10,14H,3,7-9H2,1-2H3. The molecule has 1 aliphatic rings. The van der Waals surface area contributed by atoms with Crippen molar-refractivity contribution in [3.63, 3.8) is 0 Å². The lowest BCUT2D eigenvalue weighted by Gasteiger charge is -2.36. The number of sulfone groups is 1. The van der Waals surface area contributed by atoms with Gasteiger partial charge in [-0.3, -0.25) is 0 Å². The fourth-order valence-electron chi connectivity index (χ4n) is 2.29. The molecule has 21 heavy (non-hydrogen) atoms. The zero-order valence-electron chi connectivity index (χ0n) is 12.1. The SMILES string of the molecule is CCOC(=O)C1CNCCN1c1ncccc1S(C)(=O)=O. The van der Waals surface area contributed by atoms with Crippen LogP contribution in [0.5, 0.6) is 0 Å². The Labute approximate surface area is 124 Å². The van der Waals surface area contributed by atoms with Crippen LogP contribution in [0.4, 0.5) is 5.82 Å². The Bertz CT molecular complexity index is 618. The molecule has 116 valence electrons. The minimum absolute atomic E-state index is 0.126. The minimum Gasteiger partial charge on any atom is -0.464 e. The Morgan fingerprint density at radius 3 is 3.00 bits per heavy atom. The molecule has 1 saturated heterocycles. The van der Waals surface area contributed by atoms with Crippen molar-refractivity contribution in [1.82, 2.24) is 10.3 Å². The van der Waals surface area contributed by atoms with Gasteiger partial charge in [-0.25, -0.2) is 18.2 Å². The average Bonchev–Trinajstić information content (AvgIpc) is 2.46. The van der Waals surface area contributed by atoms with Gasteiger partial charge in [0.05, 0.1) is 6.61 Å².